The first-order valence-electron chi connectivity index (χ1n) is 2.12. The van der Waals surface area contributed by atoms with Gasteiger partial charge < -0.3 is 12.4 Å². The summed E-state index contributed by atoms with van der Waals surface area (Å²) in [6, 6.07) is 0. The second-order valence-electron chi connectivity index (χ2n) is 1.14. The molecule has 0 saturated carbocycles. The summed E-state index contributed by atoms with van der Waals surface area (Å²) in [4.78, 5) is 0. The second kappa shape index (κ2) is 24.5. The first-order chi connectivity index (χ1) is 2.41. The standard InChI is InChI=1S/C4H9B.Na.2H2O.H/c1-2-3-4-5;;;;/h2-4H2,1H3;;2*1H2;/q;+1;;;-1. The summed E-state index contributed by atoms with van der Waals surface area (Å²) < 4.78 is 0. The van der Waals surface area contributed by atoms with Crippen LogP contribution >= 0.6 is 0 Å². The van der Waals surface area contributed by atoms with Gasteiger partial charge in [0.25, 0.3) is 0 Å². The van der Waals surface area contributed by atoms with Crippen molar-refractivity contribution in [2.24, 2.45) is 0 Å². The van der Waals surface area contributed by atoms with Crippen LogP contribution in [0.5, 0.6) is 0 Å². The van der Waals surface area contributed by atoms with Crippen molar-refractivity contribution in [1.82, 2.24) is 0 Å². The molecule has 0 amide bonds. The second-order valence-corrected chi connectivity index (χ2v) is 1.14. The normalized spacial score (nSPS) is 5.12. The van der Waals surface area contributed by atoms with E-state index in [1.54, 1.807) is 0 Å². The van der Waals surface area contributed by atoms with Crippen LogP contribution in [-0.2, 0) is 0 Å². The maximum absolute atomic E-state index is 5.14. The van der Waals surface area contributed by atoms with Crippen LogP contribution < -0.4 is 29.6 Å². The molecule has 4 N–H and O–H groups in total. The molecule has 8 heavy (non-hydrogen) atoms. The Balaban J connectivity index is -0.0000000133. The van der Waals surface area contributed by atoms with Crippen LogP contribution in [0.4, 0.5) is 0 Å². The van der Waals surface area contributed by atoms with Crippen molar-refractivity contribution in [3.63, 3.8) is 0 Å². The molecule has 0 aliphatic rings. The number of unbranched alkanes of at least 4 members (excludes halogenated alkanes) is 1. The fraction of sp³-hybridized carbons (Fsp3) is 1.00. The van der Waals surface area contributed by atoms with E-state index in [1.807, 2.05) is 0 Å². The molecule has 4 heteroatoms. The number of hydrogen-bond donors (Lipinski definition) is 0. The molecule has 0 heterocycles. The van der Waals surface area contributed by atoms with Gasteiger partial charge in [0, 0.05) is 0 Å². The molecule has 46 valence electrons. The smallest absolute Gasteiger partial charge is 1.00 e. The molecule has 2 radical (unpaired) electrons. The van der Waals surface area contributed by atoms with E-state index >= 15 is 0 Å². The molecule has 0 fully saturated rings. The Hall–Kier alpha value is 0.985. The van der Waals surface area contributed by atoms with Crippen LogP contribution in [0.3, 0.4) is 0 Å². The Bertz CT molecular complexity index is 26.0. The zero-order valence-electron chi connectivity index (χ0n) is 6.70. The van der Waals surface area contributed by atoms with Gasteiger partial charge in [-0.1, -0.05) is 26.1 Å². The third kappa shape index (κ3) is 28.1. The Kier molecular flexibility index (Phi) is 70.7. The molecular weight excluding hydrogens is 114 g/mol. The Morgan fingerprint density at radius 1 is 1.38 bits per heavy atom. The maximum atomic E-state index is 5.14. The van der Waals surface area contributed by atoms with E-state index in [1.165, 1.54) is 12.8 Å². The van der Waals surface area contributed by atoms with Crippen molar-refractivity contribution in [2.75, 3.05) is 0 Å². The Morgan fingerprint density at radius 2 is 1.75 bits per heavy atom. The van der Waals surface area contributed by atoms with Gasteiger partial charge in [-0.2, -0.15) is 0 Å². The van der Waals surface area contributed by atoms with Crippen LogP contribution in [0.2, 0.25) is 6.32 Å². The summed E-state index contributed by atoms with van der Waals surface area (Å²) in [5.74, 6) is 0. The quantitative estimate of drug-likeness (QED) is 0.352. The third-order valence-electron chi connectivity index (χ3n) is 0.558. The van der Waals surface area contributed by atoms with Gasteiger partial charge in [0.15, 0.2) is 0 Å². The van der Waals surface area contributed by atoms with Crippen molar-refractivity contribution in [2.45, 2.75) is 26.1 Å². The van der Waals surface area contributed by atoms with Crippen molar-refractivity contribution >= 4 is 7.85 Å². The predicted molar refractivity (Wildman–Crippen MR) is 33.8 cm³/mol. The van der Waals surface area contributed by atoms with Gasteiger partial charge in [-0.05, 0) is 0 Å². The van der Waals surface area contributed by atoms with Crippen LogP contribution in [0.1, 0.15) is 21.2 Å². The molecule has 0 aromatic carbocycles. The van der Waals surface area contributed by atoms with E-state index in [-0.39, 0.29) is 41.9 Å². The van der Waals surface area contributed by atoms with Crippen molar-refractivity contribution in [3.05, 3.63) is 0 Å². The van der Waals surface area contributed by atoms with Crippen LogP contribution in [0, 0.1) is 0 Å². The van der Waals surface area contributed by atoms with E-state index in [0.717, 1.165) is 6.32 Å². The predicted octanol–water partition coefficient (Wildman–Crippen LogP) is -3.16. The summed E-state index contributed by atoms with van der Waals surface area (Å²) in [7, 11) is 5.14. The van der Waals surface area contributed by atoms with Gasteiger partial charge in [0.1, 0.15) is 0 Å². The van der Waals surface area contributed by atoms with Gasteiger partial charge >= 0.3 is 29.6 Å². The van der Waals surface area contributed by atoms with Crippen molar-refractivity contribution in [3.8, 4) is 0 Å². The third-order valence-corrected chi connectivity index (χ3v) is 0.558. The largest absolute Gasteiger partial charge is 1.00 e. The molecule has 0 aromatic heterocycles. The van der Waals surface area contributed by atoms with E-state index in [4.69, 9.17) is 7.85 Å². The monoisotopic (exact) mass is 128 g/mol. The molecule has 0 unspecified atom stereocenters. The average Bonchev–Trinajstić information content (AvgIpc) is 1.41. The van der Waals surface area contributed by atoms with Crippen LogP contribution in [0.15, 0.2) is 0 Å². The fourth-order valence-corrected chi connectivity index (χ4v) is 0.204. The maximum Gasteiger partial charge on any atom is 1.00 e. The summed E-state index contributed by atoms with van der Waals surface area (Å²) in [5.41, 5.74) is 0. The molecule has 0 rings (SSSR count). The first-order valence-corrected chi connectivity index (χ1v) is 2.12. The zero-order valence-corrected chi connectivity index (χ0v) is 7.70. The van der Waals surface area contributed by atoms with Crippen molar-refractivity contribution in [1.29, 1.82) is 0 Å². The van der Waals surface area contributed by atoms with Gasteiger partial charge in [-0.15, -0.1) is 0 Å². The van der Waals surface area contributed by atoms with Crippen LogP contribution in [-0.4, -0.2) is 18.8 Å². The summed E-state index contributed by atoms with van der Waals surface area (Å²) >= 11 is 0. The number of rotatable bonds is 2. The van der Waals surface area contributed by atoms with Gasteiger partial charge in [0.2, 0.25) is 0 Å². The van der Waals surface area contributed by atoms with E-state index in [9.17, 15) is 0 Å². The van der Waals surface area contributed by atoms with Gasteiger partial charge in [-0.25, -0.2) is 0 Å². The Labute approximate surface area is 75.8 Å². The van der Waals surface area contributed by atoms with Crippen LogP contribution in [0.25, 0.3) is 0 Å². The molecular formula is C4H14BNaO2. The first kappa shape index (κ1) is 23.1. The van der Waals surface area contributed by atoms with Crippen molar-refractivity contribution < 1.29 is 41.9 Å². The molecule has 0 bridgehead atoms. The molecule has 0 spiro atoms. The minimum Gasteiger partial charge on any atom is -1.00 e. The van der Waals surface area contributed by atoms with E-state index in [2.05, 4.69) is 6.92 Å². The fourth-order valence-electron chi connectivity index (χ4n) is 0.204. The average molecular weight is 128 g/mol. The minimum atomic E-state index is 0. The minimum absolute atomic E-state index is 0. The molecule has 0 aliphatic carbocycles. The van der Waals surface area contributed by atoms with Gasteiger partial charge in [0.05, 0.1) is 7.85 Å². The van der Waals surface area contributed by atoms with Gasteiger partial charge in [-0.3, -0.25) is 0 Å². The molecule has 0 aliphatic heterocycles. The Morgan fingerprint density at radius 3 is 1.75 bits per heavy atom. The van der Waals surface area contributed by atoms with E-state index in [0.29, 0.717) is 0 Å². The zero-order chi connectivity index (χ0) is 4.12. The molecule has 0 aromatic rings. The molecule has 2 nitrogen and oxygen atoms in total. The summed E-state index contributed by atoms with van der Waals surface area (Å²) in [6.07, 6.45) is 3.23. The summed E-state index contributed by atoms with van der Waals surface area (Å²) in [6.45, 7) is 2.13. The van der Waals surface area contributed by atoms with E-state index < -0.39 is 0 Å². The topological polar surface area (TPSA) is 63.0 Å². The molecule has 0 saturated heterocycles. The summed E-state index contributed by atoms with van der Waals surface area (Å²) in [5, 5.41) is 0. The molecule has 0 atom stereocenters. The SMILES string of the molecule is O.O.[B]CCCC.[H-].[Na+]. The number of hydrogen-bond acceptors (Lipinski definition) is 0.